The molecular weight excluding hydrogens is 416 g/mol. The van der Waals surface area contributed by atoms with Crippen LogP contribution in [0, 0.1) is 6.92 Å². The van der Waals surface area contributed by atoms with Gasteiger partial charge in [0.05, 0.1) is 11.4 Å². The van der Waals surface area contributed by atoms with Crippen LogP contribution in [0.15, 0.2) is 29.7 Å². The van der Waals surface area contributed by atoms with Gasteiger partial charge in [-0.2, -0.15) is 15.0 Å². The van der Waals surface area contributed by atoms with Crippen LogP contribution in [0.2, 0.25) is 5.02 Å². The first kappa shape index (κ1) is 20.8. The zero-order valence-corrected chi connectivity index (χ0v) is 17.6. The number of ether oxygens (including phenoxy) is 1. The highest BCUT2D eigenvalue weighted by molar-refractivity contribution is 7.99. The number of benzene rings is 1. The van der Waals surface area contributed by atoms with Crippen LogP contribution >= 0.6 is 23.4 Å². The number of rotatable bonds is 7. The van der Waals surface area contributed by atoms with Gasteiger partial charge in [-0.3, -0.25) is 9.36 Å². The van der Waals surface area contributed by atoms with Crippen LogP contribution in [0.5, 0.6) is 0 Å². The molecule has 10 nitrogen and oxygen atoms in total. The van der Waals surface area contributed by atoms with E-state index in [2.05, 4.69) is 25.1 Å². The molecule has 3 rings (SSSR count). The van der Waals surface area contributed by atoms with Gasteiger partial charge in [0.25, 0.3) is 0 Å². The molecule has 0 aliphatic rings. The number of aromatic nitrogens is 6. The minimum Gasteiger partial charge on any atom is -0.457 e. The minimum absolute atomic E-state index is 0.0411. The van der Waals surface area contributed by atoms with E-state index in [4.69, 9.17) is 22.1 Å². The Morgan fingerprint density at radius 2 is 2.10 bits per heavy atom. The quantitative estimate of drug-likeness (QED) is 0.435. The van der Waals surface area contributed by atoms with E-state index in [0.29, 0.717) is 16.1 Å². The standard InChI is InChI=1S/C17H19ClN8O2S/c1-10-4-5-11(6-12(10)18)26-9-20-24-17(26)29-8-14(27)28-7-13-21-15(19)23-16(22-13)25(2)3/h4-6,9H,7-8H2,1-3H3,(H2,19,21,22,23). The van der Waals surface area contributed by atoms with Gasteiger partial charge in [0.15, 0.2) is 17.6 Å². The highest BCUT2D eigenvalue weighted by Gasteiger charge is 2.13. The zero-order valence-electron chi connectivity index (χ0n) is 16.0. The number of thioether (sulfide) groups is 1. The van der Waals surface area contributed by atoms with E-state index >= 15 is 0 Å². The first-order valence-corrected chi connectivity index (χ1v) is 9.82. The summed E-state index contributed by atoms with van der Waals surface area (Å²) in [4.78, 5) is 26.0. The Hall–Kier alpha value is -2.92. The van der Waals surface area contributed by atoms with Crippen LogP contribution in [0.25, 0.3) is 5.69 Å². The van der Waals surface area contributed by atoms with Crippen LogP contribution in [0.1, 0.15) is 11.4 Å². The molecule has 3 aromatic rings. The molecule has 0 atom stereocenters. The second-order valence-corrected chi connectivity index (χ2v) is 7.52. The number of aryl methyl sites for hydroxylation is 1. The topological polar surface area (TPSA) is 125 Å². The van der Waals surface area contributed by atoms with Crippen molar-refractivity contribution in [3.63, 3.8) is 0 Å². The highest BCUT2D eigenvalue weighted by Crippen LogP contribution is 2.23. The van der Waals surface area contributed by atoms with Crippen LogP contribution < -0.4 is 10.6 Å². The number of hydrogen-bond donors (Lipinski definition) is 1. The molecular formula is C17H19ClN8O2S. The Labute approximate surface area is 176 Å². The largest absolute Gasteiger partial charge is 0.457 e. The van der Waals surface area contributed by atoms with Crippen molar-refractivity contribution in [1.82, 2.24) is 29.7 Å². The SMILES string of the molecule is Cc1ccc(-n2cnnc2SCC(=O)OCc2nc(N)nc(N(C)C)n2)cc1Cl. The number of nitrogens with zero attached hydrogens (tertiary/aromatic N) is 7. The van der Waals surface area contributed by atoms with Gasteiger partial charge in [0.1, 0.15) is 6.33 Å². The summed E-state index contributed by atoms with van der Waals surface area (Å²) in [6, 6.07) is 5.62. The molecule has 0 aliphatic heterocycles. The Bertz CT molecular complexity index is 1030. The molecule has 152 valence electrons. The molecule has 0 amide bonds. The van der Waals surface area contributed by atoms with E-state index in [1.54, 1.807) is 29.9 Å². The first-order chi connectivity index (χ1) is 13.8. The van der Waals surface area contributed by atoms with Crippen molar-refractivity contribution in [2.45, 2.75) is 18.7 Å². The van der Waals surface area contributed by atoms with Gasteiger partial charge >= 0.3 is 5.97 Å². The summed E-state index contributed by atoms with van der Waals surface area (Å²) in [6.45, 7) is 1.82. The average molecular weight is 435 g/mol. The third kappa shape index (κ3) is 5.33. The van der Waals surface area contributed by atoms with Gasteiger partial charge in [0, 0.05) is 19.1 Å². The molecule has 0 unspecified atom stereocenters. The molecule has 0 spiro atoms. The number of anilines is 2. The summed E-state index contributed by atoms with van der Waals surface area (Å²) in [5.74, 6) is 0.324. The van der Waals surface area contributed by atoms with Crippen molar-refractivity contribution in [1.29, 1.82) is 0 Å². The molecule has 0 bridgehead atoms. The van der Waals surface area contributed by atoms with Gasteiger partial charge in [-0.05, 0) is 24.6 Å². The normalized spacial score (nSPS) is 10.8. The first-order valence-electron chi connectivity index (χ1n) is 8.46. The molecule has 2 aromatic heterocycles. The summed E-state index contributed by atoms with van der Waals surface area (Å²) in [7, 11) is 3.55. The molecule has 0 saturated carbocycles. The number of esters is 1. The fourth-order valence-corrected chi connectivity index (χ4v) is 3.13. The van der Waals surface area contributed by atoms with Crippen LogP contribution in [0.3, 0.4) is 0 Å². The van der Waals surface area contributed by atoms with E-state index < -0.39 is 5.97 Å². The lowest BCUT2D eigenvalue weighted by atomic mass is 10.2. The molecule has 2 heterocycles. The number of hydrogen-bond acceptors (Lipinski definition) is 10. The maximum atomic E-state index is 12.1. The summed E-state index contributed by atoms with van der Waals surface area (Å²) in [6.07, 6.45) is 1.56. The van der Waals surface area contributed by atoms with Gasteiger partial charge in [-0.15, -0.1) is 10.2 Å². The van der Waals surface area contributed by atoms with E-state index in [1.807, 2.05) is 25.1 Å². The summed E-state index contributed by atoms with van der Waals surface area (Å²) >= 11 is 7.39. The predicted molar refractivity (Wildman–Crippen MR) is 110 cm³/mol. The predicted octanol–water partition coefficient (Wildman–Crippen LogP) is 1.90. The molecule has 12 heteroatoms. The van der Waals surface area contributed by atoms with Crippen LogP contribution in [-0.2, 0) is 16.1 Å². The molecule has 2 N–H and O–H groups in total. The second-order valence-electron chi connectivity index (χ2n) is 6.17. The molecule has 0 saturated heterocycles. The third-order valence-electron chi connectivity index (χ3n) is 3.72. The van der Waals surface area contributed by atoms with Crippen molar-refractivity contribution in [2.75, 3.05) is 30.5 Å². The van der Waals surface area contributed by atoms with E-state index in [1.165, 1.54) is 11.8 Å². The van der Waals surface area contributed by atoms with Gasteiger partial charge in [-0.25, -0.2) is 0 Å². The van der Waals surface area contributed by atoms with Gasteiger partial charge in [-0.1, -0.05) is 29.4 Å². The lowest BCUT2D eigenvalue weighted by Crippen LogP contribution is -2.17. The van der Waals surface area contributed by atoms with Crippen molar-refractivity contribution >= 4 is 41.2 Å². The van der Waals surface area contributed by atoms with Crippen molar-refractivity contribution < 1.29 is 9.53 Å². The highest BCUT2D eigenvalue weighted by atomic mass is 35.5. The minimum atomic E-state index is -0.447. The van der Waals surface area contributed by atoms with E-state index in [0.717, 1.165) is 11.3 Å². The summed E-state index contributed by atoms with van der Waals surface area (Å²) in [5.41, 5.74) is 7.43. The number of carbonyl (C=O) groups excluding carboxylic acids is 1. The maximum absolute atomic E-state index is 12.1. The van der Waals surface area contributed by atoms with E-state index in [-0.39, 0.29) is 24.1 Å². The molecule has 0 radical (unpaired) electrons. The lowest BCUT2D eigenvalue weighted by molar-refractivity contribution is -0.141. The fraction of sp³-hybridized carbons (Fsp3) is 0.294. The van der Waals surface area contributed by atoms with E-state index in [9.17, 15) is 4.79 Å². The molecule has 1 aromatic carbocycles. The molecule has 29 heavy (non-hydrogen) atoms. The number of halogens is 1. The number of carbonyl (C=O) groups is 1. The fourth-order valence-electron chi connectivity index (χ4n) is 2.23. The second kappa shape index (κ2) is 9.05. The van der Waals surface area contributed by atoms with Crippen LogP contribution in [0.4, 0.5) is 11.9 Å². The average Bonchev–Trinajstić information content (AvgIpc) is 3.15. The lowest BCUT2D eigenvalue weighted by Gasteiger charge is -2.11. The number of nitrogen functional groups attached to an aromatic ring is 1. The zero-order chi connectivity index (χ0) is 21.0. The monoisotopic (exact) mass is 434 g/mol. The van der Waals surface area contributed by atoms with Crippen molar-refractivity contribution in [3.05, 3.63) is 40.9 Å². The Morgan fingerprint density at radius 3 is 2.83 bits per heavy atom. The Balaban J connectivity index is 1.59. The third-order valence-corrected chi connectivity index (χ3v) is 5.04. The maximum Gasteiger partial charge on any atom is 0.316 e. The molecule has 0 fully saturated rings. The van der Waals surface area contributed by atoms with Crippen molar-refractivity contribution in [3.8, 4) is 5.69 Å². The van der Waals surface area contributed by atoms with Gasteiger partial charge in [0.2, 0.25) is 11.9 Å². The number of nitrogens with two attached hydrogens (primary N) is 1. The Morgan fingerprint density at radius 1 is 1.31 bits per heavy atom. The molecule has 0 aliphatic carbocycles. The smallest absolute Gasteiger partial charge is 0.316 e. The summed E-state index contributed by atoms with van der Waals surface area (Å²) in [5, 5.41) is 9.14. The van der Waals surface area contributed by atoms with Crippen LogP contribution in [-0.4, -0.2) is 55.5 Å². The van der Waals surface area contributed by atoms with Crippen molar-refractivity contribution in [2.24, 2.45) is 0 Å². The Kier molecular flexibility index (Phi) is 6.49. The summed E-state index contributed by atoms with van der Waals surface area (Å²) < 4.78 is 6.98. The van der Waals surface area contributed by atoms with Gasteiger partial charge < -0.3 is 15.4 Å².